The lowest BCUT2D eigenvalue weighted by atomic mass is 10.2. The van der Waals surface area contributed by atoms with Crippen molar-refractivity contribution in [3.05, 3.63) is 0 Å². The van der Waals surface area contributed by atoms with E-state index in [0.717, 1.165) is 19.4 Å². The third kappa shape index (κ3) is 6.45. The molecule has 10 heteroatoms. The number of carbonyl (C=O) groups is 4. The minimum atomic E-state index is -1.19. The highest BCUT2D eigenvalue weighted by Crippen LogP contribution is 2.05. The molecule has 0 aromatic heterocycles. The summed E-state index contributed by atoms with van der Waals surface area (Å²) in [7, 11) is 0. The van der Waals surface area contributed by atoms with Gasteiger partial charge < -0.3 is 26.4 Å². The van der Waals surface area contributed by atoms with E-state index in [2.05, 4.69) is 33.9 Å². The minimum Gasteiger partial charge on any atom is -0.480 e. The van der Waals surface area contributed by atoms with E-state index in [0.29, 0.717) is 0 Å². The first-order valence-corrected chi connectivity index (χ1v) is 7.93. The van der Waals surface area contributed by atoms with Gasteiger partial charge in [-0.25, -0.2) is 0 Å². The van der Waals surface area contributed by atoms with Crippen LogP contribution in [-0.2, 0) is 19.2 Å². The zero-order valence-corrected chi connectivity index (χ0v) is 13.7. The molecule has 1 heterocycles. The zero-order valence-electron chi connectivity index (χ0n) is 12.8. The van der Waals surface area contributed by atoms with Gasteiger partial charge in [-0.15, -0.1) is 0 Å². The van der Waals surface area contributed by atoms with E-state index >= 15 is 0 Å². The summed E-state index contributed by atoms with van der Waals surface area (Å²) in [5, 5.41) is 18.7. The smallest absolute Gasteiger partial charge is 0.322 e. The highest BCUT2D eigenvalue weighted by Gasteiger charge is 2.27. The van der Waals surface area contributed by atoms with E-state index in [1.54, 1.807) is 0 Å². The van der Waals surface area contributed by atoms with E-state index in [1.165, 1.54) is 6.92 Å². The number of hydrogen-bond donors (Lipinski definition) is 6. The maximum Gasteiger partial charge on any atom is 0.322 e. The van der Waals surface area contributed by atoms with Crippen LogP contribution >= 0.6 is 12.6 Å². The Bertz CT molecular complexity index is 467. The van der Waals surface area contributed by atoms with Gasteiger partial charge in [0.05, 0.1) is 6.04 Å². The fourth-order valence-electron chi connectivity index (χ4n) is 2.06. The Hall–Kier alpha value is -1.81. The molecule has 23 heavy (non-hydrogen) atoms. The molecule has 3 atom stereocenters. The second kappa shape index (κ2) is 9.36. The zero-order chi connectivity index (χ0) is 17.4. The molecular formula is C13H22N4O5S. The molecule has 1 saturated heterocycles. The molecule has 5 N–H and O–H groups in total. The molecule has 0 saturated carbocycles. The topological polar surface area (TPSA) is 137 Å². The summed E-state index contributed by atoms with van der Waals surface area (Å²) in [6.07, 6.45) is 1.63. The molecule has 1 fully saturated rings. The van der Waals surface area contributed by atoms with Gasteiger partial charge in [0.15, 0.2) is 0 Å². The van der Waals surface area contributed by atoms with Gasteiger partial charge in [0.25, 0.3) is 0 Å². The van der Waals surface area contributed by atoms with Gasteiger partial charge in [0, 0.05) is 5.75 Å². The van der Waals surface area contributed by atoms with E-state index in [9.17, 15) is 19.2 Å². The second-order valence-electron chi connectivity index (χ2n) is 5.23. The van der Waals surface area contributed by atoms with E-state index in [4.69, 9.17) is 5.11 Å². The molecule has 0 aromatic rings. The van der Waals surface area contributed by atoms with Crippen molar-refractivity contribution >= 4 is 36.3 Å². The van der Waals surface area contributed by atoms with Crippen LogP contribution in [0.4, 0.5) is 0 Å². The highest BCUT2D eigenvalue weighted by molar-refractivity contribution is 7.80. The lowest BCUT2D eigenvalue weighted by molar-refractivity contribution is -0.138. The Morgan fingerprint density at radius 3 is 2.48 bits per heavy atom. The molecule has 3 amide bonds. The largest absolute Gasteiger partial charge is 0.480 e. The Morgan fingerprint density at radius 1 is 1.26 bits per heavy atom. The number of nitrogens with one attached hydrogen (secondary N) is 4. The van der Waals surface area contributed by atoms with Crippen LogP contribution in [0.15, 0.2) is 0 Å². The van der Waals surface area contributed by atoms with Gasteiger partial charge >= 0.3 is 5.97 Å². The molecule has 0 aliphatic carbocycles. The Kier molecular flexibility index (Phi) is 7.83. The van der Waals surface area contributed by atoms with Crippen molar-refractivity contribution in [2.24, 2.45) is 0 Å². The molecular weight excluding hydrogens is 324 g/mol. The van der Waals surface area contributed by atoms with Gasteiger partial charge in [0.2, 0.25) is 17.7 Å². The average Bonchev–Trinajstić information content (AvgIpc) is 3.04. The minimum absolute atomic E-state index is 0.00202. The van der Waals surface area contributed by atoms with Crippen molar-refractivity contribution in [2.45, 2.75) is 37.9 Å². The molecule has 0 aromatic carbocycles. The summed E-state index contributed by atoms with van der Waals surface area (Å²) < 4.78 is 0. The summed E-state index contributed by atoms with van der Waals surface area (Å²) in [6.45, 7) is 1.73. The lowest BCUT2D eigenvalue weighted by Gasteiger charge is -2.20. The molecule has 0 spiro atoms. The Morgan fingerprint density at radius 2 is 1.96 bits per heavy atom. The average molecular weight is 346 g/mol. The van der Waals surface area contributed by atoms with E-state index in [1.807, 2.05) is 0 Å². The molecule has 0 bridgehead atoms. The highest BCUT2D eigenvalue weighted by atomic mass is 32.1. The third-order valence-corrected chi connectivity index (χ3v) is 3.72. The Balaban J connectivity index is 2.45. The number of aliphatic carboxylic acids is 1. The van der Waals surface area contributed by atoms with Crippen molar-refractivity contribution in [3.8, 4) is 0 Å². The van der Waals surface area contributed by atoms with Crippen LogP contribution in [0.3, 0.4) is 0 Å². The Labute approximate surface area is 139 Å². The predicted molar refractivity (Wildman–Crippen MR) is 85.1 cm³/mol. The molecule has 130 valence electrons. The normalized spacial score (nSPS) is 19.5. The van der Waals surface area contributed by atoms with Crippen LogP contribution in [0.25, 0.3) is 0 Å². The third-order valence-electron chi connectivity index (χ3n) is 3.36. The second-order valence-corrected chi connectivity index (χ2v) is 5.60. The predicted octanol–water partition coefficient (Wildman–Crippen LogP) is -2.14. The summed E-state index contributed by atoms with van der Waals surface area (Å²) >= 11 is 3.96. The van der Waals surface area contributed by atoms with Gasteiger partial charge in [0.1, 0.15) is 18.6 Å². The summed E-state index contributed by atoms with van der Waals surface area (Å²) in [5.74, 6) is -2.63. The lowest BCUT2D eigenvalue weighted by Crippen LogP contribution is -2.55. The molecule has 1 rings (SSSR count). The van der Waals surface area contributed by atoms with E-state index < -0.39 is 36.4 Å². The first-order valence-electron chi connectivity index (χ1n) is 7.29. The summed E-state index contributed by atoms with van der Waals surface area (Å²) in [4.78, 5) is 46.1. The number of carboxylic acid groups (broad SMARTS) is 1. The quantitative estimate of drug-likeness (QED) is 0.278. The van der Waals surface area contributed by atoms with Crippen LogP contribution in [-0.4, -0.2) is 65.8 Å². The van der Waals surface area contributed by atoms with Gasteiger partial charge in [-0.05, 0) is 26.3 Å². The summed E-state index contributed by atoms with van der Waals surface area (Å²) in [6, 6.07) is -2.10. The first kappa shape index (κ1) is 19.2. The molecule has 1 aliphatic heterocycles. The molecule has 3 unspecified atom stereocenters. The van der Waals surface area contributed by atoms with Crippen molar-refractivity contribution < 1.29 is 24.3 Å². The summed E-state index contributed by atoms with van der Waals surface area (Å²) in [5.41, 5.74) is 0. The molecule has 0 radical (unpaired) electrons. The van der Waals surface area contributed by atoms with Crippen LogP contribution in [0, 0.1) is 0 Å². The van der Waals surface area contributed by atoms with Crippen LogP contribution in [0.1, 0.15) is 19.8 Å². The fraction of sp³-hybridized carbons (Fsp3) is 0.692. The van der Waals surface area contributed by atoms with Crippen LogP contribution in [0.2, 0.25) is 0 Å². The molecule has 1 aliphatic rings. The SMILES string of the molecule is CC(NC(=O)C1CCCN1)C(=O)NC(CS)C(=O)NCC(=O)O. The van der Waals surface area contributed by atoms with E-state index in [-0.39, 0.29) is 17.7 Å². The molecule has 9 nitrogen and oxygen atoms in total. The monoisotopic (exact) mass is 346 g/mol. The number of carbonyl (C=O) groups excluding carboxylic acids is 3. The van der Waals surface area contributed by atoms with Gasteiger partial charge in [-0.1, -0.05) is 0 Å². The maximum atomic E-state index is 12.0. The van der Waals surface area contributed by atoms with Crippen molar-refractivity contribution in [1.29, 1.82) is 0 Å². The number of hydrogen-bond acceptors (Lipinski definition) is 6. The maximum absolute atomic E-state index is 12.0. The van der Waals surface area contributed by atoms with Gasteiger partial charge in [-0.2, -0.15) is 12.6 Å². The fourth-order valence-corrected chi connectivity index (χ4v) is 2.32. The number of rotatable bonds is 8. The number of carboxylic acids is 1. The first-order chi connectivity index (χ1) is 10.8. The number of thiol groups is 1. The van der Waals surface area contributed by atoms with Crippen molar-refractivity contribution in [3.63, 3.8) is 0 Å². The van der Waals surface area contributed by atoms with Crippen molar-refractivity contribution in [1.82, 2.24) is 21.3 Å². The van der Waals surface area contributed by atoms with Crippen molar-refractivity contribution in [2.75, 3.05) is 18.8 Å². The van der Waals surface area contributed by atoms with Gasteiger partial charge in [-0.3, -0.25) is 19.2 Å². The van der Waals surface area contributed by atoms with Crippen LogP contribution in [0.5, 0.6) is 0 Å². The standard InChI is InChI=1S/C13H22N4O5S/c1-7(16-13(22)8-3-2-4-14-8)11(20)17-9(6-23)12(21)15-5-10(18)19/h7-9,14,23H,2-6H2,1H3,(H,15,21)(H,16,22)(H,17,20)(H,18,19). The number of amides is 3. The van der Waals surface area contributed by atoms with Crippen LogP contribution < -0.4 is 21.3 Å².